The largest absolute Gasteiger partial charge is 0.541 e. The molecule has 0 aliphatic rings. The second-order valence-electron chi connectivity index (χ2n) is 11.8. The number of esters is 1. The highest BCUT2D eigenvalue weighted by Gasteiger charge is 2.42. The van der Waals surface area contributed by atoms with E-state index in [-0.39, 0.29) is 28.1 Å². The van der Waals surface area contributed by atoms with Crippen molar-refractivity contribution in [2.24, 2.45) is 5.92 Å². The average Bonchev–Trinajstić information content (AvgIpc) is 2.67. The lowest BCUT2D eigenvalue weighted by molar-refractivity contribution is -0.134. The van der Waals surface area contributed by atoms with Crippen LogP contribution < -0.4 is 9.16 Å². The fraction of sp³-hybridized carbons (Fsp3) is 0.654. The maximum Gasteiger partial charge on any atom is 0.330 e. The van der Waals surface area contributed by atoms with Crippen LogP contribution in [0.4, 0.5) is 0 Å². The van der Waals surface area contributed by atoms with Crippen LogP contribution in [0.3, 0.4) is 0 Å². The molecular weight excluding hydrogens is 448 g/mol. The van der Waals surface area contributed by atoms with E-state index in [2.05, 4.69) is 74.7 Å². The van der Waals surface area contributed by atoms with Crippen LogP contribution in [0.15, 0.2) is 30.4 Å². The minimum atomic E-state index is -2.15. The molecule has 1 rings (SSSR count). The minimum Gasteiger partial charge on any atom is -0.541 e. The van der Waals surface area contributed by atoms with Crippen molar-refractivity contribution in [3.8, 4) is 11.5 Å². The van der Waals surface area contributed by atoms with Crippen LogP contribution in [0.1, 0.15) is 60.1 Å². The van der Waals surface area contributed by atoms with Gasteiger partial charge < -0.3 is 18.3 Å². The number of ether oxygens (including phenoxy) is 2. The topological polar surface area (TPSA) is 54.0 Å². The molecule has 33 heavy (non-hydrogen) atoms. The Balaban J connectivity index is 3.60. The third-order valence-corrected chi connectivity index (χ3v) is 15.9. The number of carbonyl (C=O) groups is 1. The van der Waals surface area contributed by atoms with Gasteiger partial charge in [-0.25, -0.2) is 4.79 Å². The first-order valence-corrected chi connectivity index (χ1v) is 17.5. The molecule has 0 saturated carbocycles. The van der Waals surface area contributed by atoms with Crippen molar-refractivity contribution >= 4 is 22.6 Å². The normalized spacial score (nSPS) is 15.3. The quantitative estimate of drug-likeness (QED) is 0.202. The molecule has 0 bridgehead atoms. The summed E-state index contributed by atoms with van der Waals surface area (Å²) >= 11 is 0. The maximum absolute atomic E-state index is 11.8. The van der Waals surface area contributed by atoms with Crippen LogP contribution >= 0.6 is 0 Å². The van der Waals surface area contributed by atoms with Gasteiger partial charge in [0.2, 0.25) is 0 Å². The Morgan fingerprint density at radius 2 is 1.48 bits per heavy atom. The van der Waals surface area contributed by atoms with Crippen molar-refractivity contribution in [3.63, 3.8) is 0 Å². The van der Waals surface area contributed by atoms with Crippen LogP contribution in [0.5, 0.6) is 11.5 Å². The van der Waals surface area contributed by atoms with E-state index in [1.54, 1.807) is 7.11 Å². The summed E-state index contributed by atoms with van der Waals surface area (Å²) in [5, 5.41) is 0.0844. The van der Waals surface area contributed by atoms with Crippen LogP contribution in [-0.4, -0.2) is 36.8 Å². The first-order valence-electron chi connectivity index (χ1n) is 11.7. The standard InChI is InChI=1S/C26H46O5Si2/c1-19(17-18-22(27)28-8)23(31-33(12,13)26(5,6)7)20-15-14-16-21(24(20)29-9)30-32(10,11)25(2,3)4/h14-19,23H,1-13H3/b18-17+/t19-,23-/m1/s1. The molecule has 5 nitrogen and oxygen atoms in total. The molecular formula is C26H46O5Si2. The summed E-state index contributed by atoms with van der Waals surface area (Å²) in [6, 6.07) is 6.01. The van der Waals surface area contributed by atoms with E-state index >= 15 is 0 Å². The van der Waals surface area contributed by atoms with Crippen molar-refractivity contribution in [3.05, 3.63) is 35.9 Å². The van der Waals surface area contributed by atoms with Crippen molar-refractivity contribution in [1.82, 2.24) is 0 Å². The molecule has 7 heteroatoms. The SMILES string of the molecule is COC(=O)/C=C/[C@@H](C)[C@@H](O[Si](C)(C)C(C)(C)C)c1cccc(O[Si](C)(C)C(C)(C)C)c1OC. The van der Waals surface area contributed by atoms with Gasteiger partial charge in [0.15, 0.2) is 14.1 Å². The zero-order valence-corrected chi connectivity index (χ0v) is 25.1. The van der Waals surface area contributed by atoms with Gasteiger partial charge in [-0.15, -0.1) is 0 Å². The summed E-state index contributed by atoms with van der Waals surface area (Å²) < 4.78 is 24.3. The monoisotopic (exact) mass is 494 g/mol. The highest BCUT2D eigenvalue weighted by Crippen LogP contribution is 2.47. The number of methoxy groups -OCH3 is 2. The van der Waals surface area contributed by atoms with Crippen LogP contribution in [-0.2, 0) is 14.0 Å². The van der Waals surface area contributed by atoms with E-state index in [4.69, 9.17) is 18.3 Å². The molecule has 1 aromatic carbocycles. The van der Waals surface area contributed by atoms with Crippen LogP contribution in [0, 0.1) is 5.92 Å². The Hall–Kier alpha value is -1.58. The highest BCUT2D eigenvalue weighted by atomic mass is 28.4. The lowest BCUT2D eigenvalue weighted by Gasteiger charge is -2.41. The van der Waals surface area contributed by atoms with Crippen molar-refractivity contribution in [2.45, 2.75) is 90.8 Å². The Labute approximate surface area is 204 Å². The zero-order valence-electron chi connectivity index (χ0n) is 23.1. The lowest BCUT2D eigenvalue weighted by Crippen LogP contribution is -2.44. The molecule has 0 N–H and O–H groups in total. The van der Waals surface area contributed by atoms with Crippen LogP contribution in [0.25, 0.3) is 0 Å². The minimum absolute atomic E-state index is 0.0273. The van der Waals surface area contributed by atoms with Gasteiger partial charge in [-0.1, -0.05) is 66.7 Å². The molecule has 0 amide bonds. The Morgan fingerprint density at radius 3 is 1.94 bits per heavy atom. The Morgan fingerprint density at radius 1 is 0.939 bits per heavy atom. The molecule has 0 spiro atoms. The molecule has 0 saturated heterocycles. The molecule has 0 unspecified atom stereocenters. The third-order valence-electron chi connectivity index (χ3n) is 7.13. The molecule has 2 atom stereocenters. The maximum atomic E-state index is 11.8. The summed E-state index contributed by atoms with van der Waals surface area (Å²) in [5.41, 5.74) is 0.931. The van der Waals surface area contributed by atoms with E-state index in [1.807, 2.05) is 24.3 Å². The van der Waals surface area contributed by atoms with Gasteiger partial charge in [0.25, 0.3) is 8.32 Å². The smallest absolute Gasteiger partial charge is 0.330 e. The van der Waals surface area contributed by atoms with Crippen molar-refractivity contribution < 1.29 is 23.1 Å². The first-order chi connectivity index (χ1) is 14.9. The average molecular weight is 495 g/mol. The number of benzene rings is 1. The highest BCUT2D eigenvalue weighted by molar-refractivity contribution is 6.75. The zero-order chi connectivity index (χ0) is 25.8. The number of para-hydroxylation sites is 1. The van der Waals surface area contributed by atoms with E-state index in [9.17, 15) is 4.79 Å². The molecule has 1 aromatic rings. The summed E-state index contributed by atoms with van der Waals surface area (Å²) in [5.74, 6) is 0.976. The van der Waals surface area contributed by atoms with Gasteiger partial charge in [-0.3, -0.25) is 0 Å². The molecule has 0 aliphatic heterocycles. The van der Waals surface area contributed by atoms with E-state index < -0.39 is 16.6 Å². The van der Waals surface area contributed by atoms with Gasteiger partial charge in [-0.05, 0) is 42.3 Å². The van der Waals surface area contributed by atoms with Gasteiger partial charge >= 0.3 is 5.97 Å². The fourth-order valence-corrected chi connectivity index (χ4v) is 5.18. The van der Waals surface area contributed by atoms with Gasteiger partial charge in [0.05, 0.1) is 20.3 Å². The number of rotatable bonds is 9. The van der Waals surface area contributed by atoms with Crippen LogP contribution in [0.2, 0.25) is 36.3 Å². The van der Waals surface area contributed by atoms with E-state index in [0.717, 1.165) is 11.3 Å². The summed E-state index contributed by atoms with van der Waals surface area (Å²) in [4.78, 5) is 11.8. The van der Waals surface area contributed by atoms with E-state index in [1.165, 1.54) is 13.2 Å². The molecule has 0 radical (unpaired) electrons. The molecule has 0 fully saturated rings. The second-order valence-corrected chi connectivity index (χ2v) is 21.3. The third kappa shape index (κ3) is 7.45. The molecule has 0 aromatic heterocycles. The predicted molar refractivity (Wildman–Crippen MR) is 142 cm³/mol. The molecule has 188 valence electrons. The summed E-state index contributed by atoms with van der Waals surface area (Å²) in [6.07, 6.45) is 3.02. The fourth-order valence-electron chi connectivity index (χ4n) is 2.83. The van der Waals surface area contributed by atoms with Crippen molar-refractivity contribution in [1.29, 1.82) is 0 Å². The number of carbonyl (C=O) groups excluding carboxylic acids is 1. The Kier molecular flexibility index (Phi) is 9.62. The van der Waals surface area contributed by atoms with Gasteiger partial charge in [-0.2, -0.15) is 0 Å². The van der Waals surface area contributed by atoms with Crippen molar-refractivity contribution in [2.75, 3.05) is 14.2 Å². The van der Waals surface area contributed by atoms with Gasteiger partial charge in [0, 0.05) is 17.6 Å². The Bertz CT molecular complexity index is 832. The van der Waals surface area contributed by atoms with Gasteiger partial charge in [0.1, 0.15) is 5.75 Å². The summed E-state index contributed by atoms with van der Waals surface area (Å²) in [7, 11) is -1.17. The molecule has 0 aliphatic carbocycles. The lowest BCUT2D eigenvalue weighted by atomic mass is 9.96. The predicted octanol–water partition coefficient (Wildman–Crippen LogP) is 7.51. The molecule has 0 heterocycles. The van der Waals surface area contributed by atoms with E-state index in [0.29, 0.717) is 5.75 Å². The second kappa shape index (κ2) is 10.8. The number of hydrogen-bond donors (Lipinski definition) is 0. The number of hydrogen-bond acceptors (Lipinski definition) is 5. The first kappa shape index (κ1) is 29.5. The summed E-state index contributed by atoms with van der Waals surface area (Å²) in [6.45, 7) is 24.3.